The van der Waals surface area contributed by atoms with Crippen LogP contribution in [0.5, 0.6) is 11.5 Å². The number of amidine groups is 1. The van der Waals surface area contributed by atoms with Crippen molar-refractivity contribution in [2.45, 2.75) is 26.1 Å². The number of benzene rings is 2. The molecule has 2 aliphatic rings. The fraction of sp³-hybridized carbons (Fsp3) is 0.444. The van der Waals surface area contributed by atoms with Crippen molar-refractivity contribution < 1.29 is 19.0 Å². The molecule has 1 atom stereocenters. The Labute approximate surface area is 212 Å². The van der Waals surface area contributed by atoms with Gasteiger partial charge in [-0.3, -0.25) is 4.79 Å². The summed E-state index contributed by atoms with van der Waals surface area (Å²) in [6, 6.07) is 15.5. The molecule has 2 aliphatic heterocycles. The fourth-order valence-electron chi connectivity index (χ4n) is 4.37. The maximum Gasteiger partial charge on any atom is 0.253 e. The molecule has 2 heterocycles. The molecule has 1 unspecified atom stereocenters. The first-order chi connectivity index (χ1) is 17.6. The lowest BCUT2D eigenvalue weighted by molar-refractivity contribution is -0.145. The Kier molecular flexibility index (Phi) is 8.76. The lowest BCUT2D eigenvalue weighted by Gasteiger charge is -2.29. The molecule has 0 saturated carbocycles. The highest BCUT2D eigenvalue weighted by molar-refractivity contribution is 5.84. The summed E-state index contributed by atoms with van der Waals surface area (Å²) in [4.78, 5) is 21.7. The fourth-order valence-corrected chi connectivity index (χ4v) is 4.37. The van der Waals surface area contributed by atoms with Gasteiger partial charge in [-0.2, -0.15) is 5.26 Å². The SMILES string of the molecule is COc1cc(N=C(C)N2CCCN(C(=O)C3CNCCO3)CC2)c(C#N)cc1OCc1ccccc1. The summed E-state index contributed by atoms with van der Waals surface area (Å²) in [5.74, 6) is 1.85. The Morgan fingerprint density at radius 1 is 1.17 bits per heavy atom. The molecule has 2 fully saturated rings. The van der Waals surface area contributed by atoms with E-state index in [1.165, 1.54) is 0 Å². The highest BCUT2D eigenvalue weighted by atomic mass is 16.5. The summed E-state index contributed by atoms with van der Waals surface area (Å²) in [5.41, 5.74) is 1.96. The van der Waals surface area contributed by atoms with Crippen molar-refractivity contribution in [2.75, 3.05) is 53.0 Å². The Morgan fingerprint density at radius 3 is 2.67 bits per heavy atom. The van der Waals surface area contributed by atoms with E-state index in [9.17, 15) is 10.1 Å². The first kappa shape index (κ1) is 25.5. The Hall–Kier alpha value is -3.61. The minimum atomic E-state index is -0.409. The van der Waals surface area contributed by atoms with Crippen LogP contribution in [-0.4, -0.2) is 80.6 Å². The molecule has 9 nitrogen and oxygen atoms in total. The molecular formula is C27H33N5O4. The molecule has 0 aromatic heterocycles. The van der Waals surface area contributed by atoms with Crippen LogP contribution >= 0.6 is 0 Å². The molecule has 190 valence electrons. The molecule has 36 heavy (non-hydrogen) atoms. The molecule has 2 aromatic rings. The smallest absolute Gasteiger partial charge is 0.253 e. The van der Waals surface area contributed by atoms with Crippen molar-refractivity contribution in [1.29, 1.82) is 5.26 Å². The third-order valence-corrected chi connectivity index (χ3v) is 6.39. The van der Waals surface area contributed by atoms with E-state index >= 15 is 0 Å². The number of methoxy groups -OCH3 is 1. The van der Waals surface area contributed by atoms with Crippen molar-refractivity contribution in [3.8, 4) is 17.6 Å². The van der Waals surface area contributed by atoms with Gasteiger partial charge in [0.25, 0.3) is 5.91 Å². The number of carbonyl (C=O) groups is 1. The van der Waals surface area contributed by atoms with E-state index in [1.807, 2.05) is 42.2 Å². The second kappa shape index (κ2) is 12.4. The van der Waals surface area contributed by atoms with Gasteiger partial charge < -0.3 is 29.3 Å². The monoisotopic (exact) mass is 491 g/mol. The van der Waals surface area contributed by atoms with Gasteiger partial charge in [0, 0.05) is 51.4 Å². The number of carbonyl (C=O) groups excluding carboxylic acids is 1. The van der Waals surface area contributed by atoms with E-state index < -0.39 is 6.10 Å². The predicted octanol–water partition coefficient (Wildman–Crippen LogP) is 2.72. The van der Waals surface area contributed by atoms with Gasteiger partial charge in [-0.1, -0.05) is 30.3 Å². The standard InChI is InChI=1S/C27H33N5O4/c1-20(31-10-6-11-32(13-12-31)27(33)26-18-29-9-14-35-26)30-23-16-24(34-2)25(15-22(23)17-28)36-19-21-7-4-3-5-8-21/h3-5,7-8,15-16,26,29H,6,9-14,18-19H2,1-2H3. The van der Waals surface area contributed by atoms with Crippen LogP contribution in [0.1, 0.15) is 24.5 Å². The van der Waals surface area contributed by atoms with E-state index in [4.69, 9.17) is 19.2 Å². The largest absolute Gasteiger partial charge is 0.493 e. The van der Waals surface area contributed by atoms with E-state index in [-0.39, 0.29) is 5.91 Å². The van der Waals surface area contributed by atoms with Crippen molar-refractivity contribution >= 4 is 17.4 Å². The van der Waals surface area contributed by atoms with Crippen LogP contribution in [0.3, 0.4) is 0 Å². The van der Waals surface area contributed by atoms with E-state index in [0.717, 1.165) is 30.9 Å². The number of nitrogens with zero attached hydrogens (tertiary/aromatic N) is 4. The van der Waals surface area contributed by atoms with E-state index in [0.29, 0.717) is 62.1 Å². The number of nitrogens with one attached hydrogen (secondary N) is 1. The molecule has 0 aliphatic carbocycles. The summed E-state index contributed by atoms with van der Waals surface area (Å²) < 4.78 is 17.1. The minimum absolute atomic E-state index is 0.0428. The van der Waals surface area contributed by atoms with Crippen molar-refractivity contribution in [3.63, 3.8) is 0 Å². The zero-order valence-corrected chi connectivity index (χ0v) is 20.9. The van der Waals surface area contributed by atoms with Gasteiger partial charge >= 0.3 is 0 Å². The van der Waals surface area contributed by atoms with Crippen LogP contribution in [0, 0.1) is 11.3 Å². The molecule has 0 spiro atoms. The van der Waals surface area contributed by atoms with Gasteiger partial charge in [-0.15, -0.1) is 0 Å². The van der Waals surface area contributed by atoms with Crippen LogP contribution in [0.4, 0.5) is 5.69 Å². The number of morpholine rings is 1. The van der Waals surface area contributed by atoms with Gasteiger partial charge in [0.2, 0.25) is 0 Å². The minimum Gasteiger partial charge on any atom is -0.493 e. The molecule has 1 N–H and O–H groups in total. The number of aliphatic imine (C=N–C) groups is 1. The van der Waals surface area contributed by atoms with Crippen LogP contribution in [-0.2, 0) is 16.1 Å². The molecule has 2 saturated heterocycles. The maximum atomic E-state index is 12.9. The summed E-state index contributed by atoms with van der Waals surface area (Å²) in [7, 11) is 1.57. The average molecular weight is 492 g/mol. The first-order valence-electron chi connectivity index (χ1n) is 12.3. The Bertz CT molecular complexity index is 1110. The molecule has 0 radical (unpaired) electrons. The molecule has 0 bridgehead atoms. The Morgan fingerprint density at radius 2 is 1.94 bits per heavy atom. The second-order valence-electron chi connectivity index (χ2n) is 8.79. The molecule has 4 rings (SSSR count). The normalized spacial score (nSPS) is 18.8. The van der Waals surface area contributed by atoms with Gasteiger partial charge in [0.1, 0.15) is 24.6 Å². The summed E-state index contributed by atoms with van der Waals surface area (Å²) in [5, 5.41) is 13.0. The van der Waals surface area contributed by atoms with Crippen LogP contribution in [0.2, 0.25) is 0 Å². The number of hydrogen-bond donors (Lipinski definition) is 1. The van der Waals surface area contributed by atoms with Crippen molar-refractivity contribution in [3.05, 3.63) is 53.6 Å². The highest BCUT2D eigenvalue weighted by Gasteiger charge is 2.28. The quantitative estimate of drug-likeness (QED) is 0.490. The van der Waals surface area contributed by atoms with E-state index in [2.05, 4.69) is 16.3 Å². The van der Waals surface area contributed by atoms with Gasteiger partial charge in [-0.25, -0.2) is 4.99 Å². The third-order valence-electron chi connectivity index (χ3n) is 6.39. The average Bonchev–Trinajstić information content (AvgIpc) is 3.19. The number of nitriles is 1. The summed E-state index contributed by atoms with van der Waals surface area (Å²) in [6.45, 7) is 6.93. The first-order valence-corrected chi connectivity index (χ1v) is 12.3. The number of rotatable bonds is 6. The summed E-state index contributed by atoms with van der Waals surface area (Å²) in [6.07, 6.45) is 0.424. The second-order valence-corrected chi connectivity index (χ2v) is 8.79. The zero-order chi connectivity index (χ0) is 25.3. The lowest BCUT2D eigenvalue weighted by Crippen LogP contribution is -2.50. The van der Waals surface area contributed by atoms with Crippen molar-refractivity contribution in [2.24, 2.45) is 4.99 Å². The summed E-state index contributed by atoms with van der Waals surface area (Å²) >= 11 is 0. The molecule has 2 aromatic carbocycles. The molecular weight excluding hydrogens is 458 g/mol. The highest BCUT2D eigenvalue weighted by Crippen LogP contribution is 2.35. The number of ether oxygens (including phenoxy) is 3. The third kappa shape index (κ3) is 6.33. The van der Waals surface area contributed by atoms with Gasteiger partial charge in [0.15, 0.2) is 11.5 Å². The molecule has 9 heteroatoms. The van der Waals surface area contributed by atoms with Crippen LogP contribution in [0.15, 0.2) is 47.5 Å². The Balaban J connectivity index is 1.45. The van der Waals surface area contributed by atoms with Gasteiger partial charge in [0.05, 0.1) is 25.0 Å². The van der Waals surface area contributed by atoms with Crippen LogP contribution < -0.4 is 14.8 Å². The topological polar surface area (TPSA) is 99.4 Å². The van der Waals surface area contributed by atoms with Crippen molar-refractivity contribution in [1.82, 2.24) is 15.1 Å². The number of hydrogen-bond acceptors (Lipinski definition) is 7. The van der Waals surface area contributed by atoms with Crippen LogP contribution in [0.25, 0.3) is 0 Å². The maximum absolute atomic E-state index is 12.9. The zero-order valence-electron chi connectivity index (χ0n) is 20.9. The lowest BCUT2D eigenvalue weighted by atomic mass is 10.1. The predicted molar refractivity (Wildman–Crippen MR) is 137 cm³/mol. The molecule has 1 amide bonds. The van der Waals surface area contributed by atoms with E-state index in [1.54, 1.807) is 19.2 Å². The number of amides is 1. The van der Waals surface area contributed by atoms with Gasteiger partial charge in [-0.05, 0) is 18.9 Å².